The first kappa shape index (κ1) is 24.5. The number of piperazine rings is 1. The number of ether oxygens (including phenoxy) is 2. The zero-order valence-electron chi connectivity index (χ0n) is 18.4. The Kier molecular flexibility index (Phi) is 9.11. The highest BCUT2D eigenvalue weighted by Gasteiger charge is 2.29. The van der Waals surface area contributed by atoms with Crippen molar-refractivity contribution in [1.82, 2.24) is 9.80 Å². The Morgan fingerprint density at radius 3 is 1.90 bits per heavy atom. The number of carboxylic acid groups (broad SMARTS) is 2. The fourth-order valence-electron chi connectivity index (χ4n) is 4.14. The van der Waals surface area contributed by atoms with Crippen LogP contribution in [0, 0.1) is 5.92 Å². The van der Waals surface area contributed by atoms with Gasteiger partial charge in [0.05, 0.1) is 14.2 Å². The van der Waals surface area contributed by atoms with E-state index in [9.17, 15) is 4.79 Å². The SMILES string of the molecule is COc1cc(OC)cc(C(=O)N2CCN(C3CCCC(C)C3)CC2)c1.O=C(O)C(=O)O. The van der Waals surface area contributed by atoms with E-state index in [1.165, 1.54) is 25.7 Å². The molecule has 2 fully saturated rings. The van der Waals surface area contributed by atoms with Crippen molar-refractivity contribution < 1.29 is 34.1 Å². The third-order valence-electron chi connectivity index (χ3n) is 5.81. The molecule has 1 aromatic carbocycles. The third kappa shape index (κ3) is 7.13. The van der Waals surface area contributed by atoms with Gasteiger partial charge in [-0.25, -0.2) is 9.59 Å². The summed E-state index contributed by atoms with van der Waals surface area (Å²) in [6.07, 6.45) is 5.33. The minimum Gasteiger partial charge on any atom is -0.497 e. The molecule has 31 heavy (non-hydrogen) atoms. The van der Waals surface area contributed by atoms with Crippen LogP contribution in [0.5, 0.6) is 11.5 Å². The first-order chi connectivity index (χ1) is 14.7. The van der Waals surface area contributed by atoms with Gasteiger partial charge in [0, 0.05) is 43.9 Å². The Bertz CT molecular complexity index is 741. The monoisotopic (exact) mass is 436 g/mol. The Labute approximate surface area is 182 Å². The van der Waals surface area contributed by atoms with Crippen LogP contribution in [-0.2, 0) is 9.59 Å². The molecule has 0 spiro atoms. The Morgan fingerprint density at radius 2 is 1.45 bits per heavy atom. The van der Waals surface area contributed by atoms with Gasteiger partial charge >= 0.3 is 11.9 Å². The van der Waals surface area contributed by atoms with Gasteiger partial charge in [0.15, 0.2) is 0 Å². The number of carbonyl (C=O) groups excluding carboxylic acids is 1. The number of benzene rings is 1. The molecule has 0 aromatic heterocycles. The summed E-state index contributed by atoms with van der Waals surface area (Å²) in [6, 6.07) is 6.08. The Morgan fingerprint density at radius 1 is 0.903 bits per heavy atom. The van der Waals surface area contributed by atoms with Crippen LogP contribution >= 0.6 is 0 Å². The van der Waals surface area contributed by atoms with Crippen LogP contribution in [-0.4, -0.2) is 84.3 Å². The number of carboxylic acids is 2. The van der Waals surface area contributed by atoms with Gasteiger partial charge in [0.25, 0.3) is 5.91 Å². The summed E-state index contributed by atoms with van der Waals surface area (Å²) >= 11 is 0. The molecule has 172 valence electrons. The van der Waals surface area contributed by atoms with Gasteiger partial charge in [-0.15, -0.1) is 0 Å². The maximum absolute atomic E-state index is 12.9. The van der Waals surface area contributed by atoms with Crippen LogP contribution in [0.1, 0.15) is 43.0 Å². The van der Waals surface area contributed by atoms with Crippen LogP contribution in [0.4, 0.5) is 0 Å². The van der Waals surface area contributed by atoms with Crippen LogP contribution in [0.3, 0.4) is 0 Å². The maximum Gasteiger partial charge on any atom is 0.414 e. The molecule has 0 bridgehead atoms. The normalized spacial score (nSPS) is 21.5. The lowest BCUT2D eigenvalue weighted by atomic mass is 9.86. The maximum atomic E-state index is 12.9. The van der Waals surface area contributed by atoms with Gasteiger partial charge in [-0.3, -0.25) is 9.69 Å². The third-order valence-corrected chi connectivity index (χ3v) is 5.81. The van der Waals surface area contributed by atoms with E-state index in [0.717, 1.165) is 32.1 Å². The molecule has 2 N–H and O–H groups in total. The fourth-order valence-corrected chi connectivity index (χ4v) is 4.14. The predicted octanol–water partition coefficient (Wildman–Crippen LogP) is 2.20. The smallest absolute Gasteiger partial charge is 0.414 e. The van der Waals surface area contributed by atoms with Gasteiger partial charge in [-0.2, -0.15) is 0 Å². The summed E-state index contributed by atoms with van der Waals surface area (Å²) in [5.41, 5.74) is 0.635. The molecular formula is C22H32N2O7. The minimum absolute atomic E-state index is 0.0638. The predicted molar refractivity (Wildman–Crippen MR) is 114 cm³/mol. The Hall–Kier alpha value is -2.81. The lowest BCUT2D eigenvalue weighted by Gasteiger charge is -2.42. The second-order valence-electron chi connectivity index (χ2n) is 7.97. The van der Waals surface area contributed by atoms with E-state index in [0.29, 0.717) is 23.1 Å². The Balaban J connectivity index is 0.000000501. The average molecular weight is 437 g/mol. The topological polar surface area (TPSA) is 117 Å². The molecule has 2 unspecified atom stereocenters. The van der Waals surface area contributed by atoms with Crippen molar-refractivity contribution in [3.05, 3.63) is 23.8 Å². The second-order valence-corrected chi connectivity index (χ2v) is 7.97. The van der Waals surface area contributed by atoms with Crippen LogP contribution < -0.4 is 9.47 Å². The number of hydrogen-bond acceptors (Lipinski definition) is 6. The van der Waals surface area contributed by atoms with Crippen molar-refractivity contribution in [3.63, 3.8) is 0 Å². The molecule has 1 amide bonds. The fraction of sp³-hybridized carbons (Fsp3) is 0.591. The molecule has 1 heterocycles. The number of methoxy groups -OCH3 is 2. The first-order valence-corrected chi connectivity index (χ1v) is 10.5. The largest absolute Gasteiger partial charge is 0.497 e. The number of carbonyl (C=O) groups is 3. The van der Waals surface area contributed by atoms with Gasteiger partial charge in [0.1, 0.15) is 11.5 Å². The summed E-state index contributed by atoms with van der Waals surface area (Å²) in [7, 11) is 3.21. The number of hydrogen-bond donors (Lipinski definition) is 2. The van der Waals surface area contributed by atoms with Crippen molar-refractivity contribution >= 4 is 17.8 Å². The molecule has 3 rings (SSSR count). The lowest BCUT2D eigenvalue weighted by molar-refractivity contribution is -0.159. The molecule has 2 atom stereocenters. The highest BCUT2D eigenvalue weighted by Crippen LogP contribution is 2.28. The molecule has 9 heteroatoms. The molecule has 1 saturated heterocycles. The van der Waals surface area contributed by atoms with Crippen LogP contribution in [0.15, 0.2) is 18.2 Å². The van der Waals surface area contributed by atoms with Crippen molar-refractivity contribution in [2.45, 2.75) is 38.6 Å². The van der Waals surface area contributed by atoms with Crippen LogP contribution in [0.25, 0.3) is 0 Å². The molecule has 1 aliphatic heterocycles. The first-order valence-electron chi connectivity index (χ1n) is 10.5. The molecular weight excluding hydrogens is 404 g/mol. The molecule has 0 radical (unpaired) electrons. The van der Waals surface area contributed by atoms with E-state index in [-0.39, 0.29) is 5.91 Å². The number of aliphatic carboxylic acids is 2. The number of nitrogens with zero attached hydrogens (tertiary/aromatic N) is 2. The second kappa shape index (κ2) is 11.5. The quantitative estimate of drug-likeness (QED) is 0.690. The van der Waals surface area contributed by atoms with E-state index < -0.39 is 11.9 Å². The molecule has 1 aliphatic carbocycles. The molecule has 9 nitrogen and oxygen atoms in total. The minimum atomic E-state index is -1.82. The molecule has 1 saturated carbocycles. The molecule has 2 aliphatic rings. The van der Waals surface area contributed by atoms with Crippen molar-refractivity contribution in [3.8, 4) is 11.5 Å². The zero-order chi connectivity index (χ0) is 23.0. The van der Waals surface area contributed by atoms with Gasteiger partial charge in [0.2, 0.25) is 0 Å². The zero-order valence-corrected chi connectivity index (χ0v) is 18.4. The van der Waals surface area contributed by atoms with E-state index >= 15 is 0 Å². The van der Waals surface area contributed by atoms with E-state index in [4.69, 9.17) is 29.3 Å². The van der Waals surface area contributed by atoms with Crippen molar-refractivity contribution in [2.24, 2.45) is 5.92 Å². The van der Waals surface area contributed by atoms with Gasteiger partial charge in [-0.1, -0.05) is 19.8 Å². The molecule has 1 aromatic rings. The van der Waals surface area contributed by atoms with Crippen molar-refractivity contribution in [2.75, 3.05) is 40.4 Å². The number of rotatable bonds is 4. The average Bonchev–Trinajstić information content (AvgIpc) is 2.78. The lowest BCUT2D eigenvalue weighted by Crippen LogP contribution is -2.52. The van der Waals surface area contributed by atoms with Crippen LogP contribution in [0.2, 0.25) is 0 Å². The van der Waals surface area contributed by atoms with E-state index in [1.54, 1.807) is 32.4 Å². The highest BCUT2D eigenvalue weighted by molar-refractivity contribution is 6.27. The summed E-state index contributed by atoms with van der Waals surface area (Å²) < 4.78 is 10.6. The number of amides is 1. The summed E-state index contributed by atoms with van der Waals surface area (Å²) in [4.78, 5) is 35.6. The van der Waals surface area contributed by atoms with Gasteiger partial charge < -0.3 is 24.6 Å². The standard InChI is InChI=1S/C20H30N2O3.C2H2O4/c1-15-5-4-6-17(11-15)21-7-9-22(10-8-21)20(23)16-12-18(24-2)14-19(13-16)25-3;3-1(4)2(5)6/h12-15,17H,4-11H2,1-3H3;(H,3,4)(H,5,6). The summed E-state index contributed by atoms with van der Waals surface area (Å²) in [6.45, 7) is 5.91. The van der Waals surface area contributed by atoms with Crippen molar-refractivity contribution in [1.29, 1.82) is 0 Å². The highest BCUT2D eigenvalue weighted by atomic mass is 16.5. The van der Waals surface area contributed by atoms with Gasteiger partial charge in [-0.05, 0) is 30.9 Å². The van der Waals surface area contributed by atoms with E-state index in [1.807, 2.05) is 4.90 Å². The summed E-state index contributed by atoms with van der Waals surface area (Å²) in [5, 5.41) is 14.8. The summed E-state index contributed by atoms with van der Waals surface area (Å²) in [5.74, 6) is -1.45. The van der Waals surface area contributed by atoms with E-state index in [2.05, 4.69) is 11.8 Å².